The molecule has 10 heteroatoms. The van der Waals surface area contributed by atoms with Crippen molar-refractivity contribution in [2.45, 2.75) is 52.0 Å². The Bertz CT molecular complexity index is 589. The Morgan fingerprint density at radius 3 is 2.03 bits per heavy atom. The molecule has 166 valence electrons. The van der Waals surface area contributed by atoms with Crippen LogP contribution in [-0.4, -0.2) is 46.9 Å². The first-order valence-electron chi connectivity index (χ1n) is 8.90. The number of carboxylic acid groups (broad SMARTS) is 2. The minimum atomic E-state index is -0.933. The Balaban J connectivity index is -0.000000397. The molecule has 0 spiro atoms. The molecule has 0 aliphatic rings. The largest absolute Gasteiger partial charge is 0.481 e. The van der Waals surface area contributed by atoms with E-state index in [-0.39, 0.29) is 12.1 Å². The van der Waals surface area contributed by atoms with Gasteiger partial charge in [0.05, 0.1) is 0 Å². The van der Waals surface area contributed by atoms with Crippen LogP contribution < -0.4 is 22.9 Å². The molecular weight excluding hydrogens is 380 g/mol. The highest BCUT2D eigenvalue weighted by molar-refractivity contribution is 5.91. The standard InChI is InChI=1S/C11H13NO2.C6H14N2O2.C2H4O2.H3N/c1-2-3-11(14)12-10-6-4-9(8-13)5-7-10;7-4-2-1-3-5(8)6(9)10;1-2(3)4;/h4-8H,2-3H2,1H3,(H,12,14);5H,1-4,7-8H2,(H,9,10);1H3,(H,3,4);1H3/t;5-;;/m.0../s1. The zero-order valence-electron chi connectivity index (χ0n) is 17.1. The number of carbonyl (C=O) groups is 4. The van der Waals surface area contributed by atoms with Crippen molar-refractivity contribution in [2.75, 3.05) is 11.9 Å². The third-order valence-corrected chi connectivity index (χ3v) is 3.09. The predicted molar refractivity (Wildman–Crippen MR) is 112 cm³/mol. The summed E-state index contributed by atoms with van der Waals surface area (Å²) in [5.41, 5.74) is 11.8. The van der Waals surface area contributed by atoms with Crippen LogP contribution in [0.15, 0.2) is 24.3 Å². The average Bonchev–Trinajstić information content (AvgIpc) is 2.62. The lowest BCUT2D eigenvalue weighted by Gasteiger charge is -2.03. The lowest BCUT2D eigenvalue weighted by Crippen LogP contribution is -2.29. The molecule has 0 aliphatic carbocycles. The quantitative estimate of drug-likeness (QED) is 0.257. The van der Waals surface area contributed by atoms with Crippen molar-refractivity contribution in [3.63, 3.8) is 0 Å². The van der Waals surface area contributed by atoms with Crippen LogP contribution in [0.5, 0.6) is 0 Å². The summed E-state index contributed by atoms with van der Waals surface area (Å²) in [6.45, 7) is 3.64. The van der Waals surface area contributed by atoms with Gasteiger partial charge in [0.2, 0.25) is 5.91 Å². The zero-order valence-corrected chi connectivity index (χ0v) is 17.1. The van der Waals surface area contributed by atoms with Crippen LogP contribution >= 0.6 is 0 Å². The molecule has 1 atom stereocenters. The fourth-order valence-electron chi connectivity index (χ4n) is 1.73. The Morgan fingerprint density at radius 1 is 1.14 bits per heavy atom. The summed E-state index contributed by atoms with van der Waals surface area (Å²) in [6.07, 6.45) is 4.29. The number of rotatable bonds is 9. The van der Waals surface area contributed by atoms with Crippen molar-refractivity contribution < 1.29 is 29.4 Å². The highest BCUT2D eigenvalue weighted by Crippen LogP contribution is 2.08. The van der Waals surface area contributed by atoms with E-state index in [1.807, 2.05) is 6.92 Å². The molecule has 1 rings (SSSR count). The van der Waals surface area contributed by atoms with Crippen LogP contribution in [0.3, 0.4) is 0 Å². The van der Waals surface area contributed by atoms with Crippen LogP contribution in [0.1, 0.15) is 56.3 Å². The zero-order chi connectivity index (χ0) is 21.9. The van der Waals surface area contributed by atoms with E-state index in [9.17, 15) is 14.4 Å². The van der Waals surface area contributed by atoms with E-state index in [4.69, 9.17) is 26.5 Å². The Labute approximate surface area is 171 Å². The van der Waals surface area contributed by atoms with Gasteiger partial charge >= 0.3 is 5.97 Å². The smallest absolute Gasteiger partial charge is 0.320 e. The molecule has 1 aromatic carbocycles. The number of anilines is 1. The average molecular weight is 415 g/mol. The fraction of sp³-hybridized carbons (Fsp3) is 0.474. The third kappa shape index (κ3) is 21.3. The van der Waals surface area contributed by atoms with Crippen molar-refractivity contribution in [3.8, 4) is 0 Å². The number of carbonyl (C=O) groups excluding carboxylic acids is 2. The van der Waals surface area contributed by atoms with Gasteiger partial charge in [0.15, 0.2) is 0 Å². The molecule has 29 heavy (non-hydrogen) atoms. The number of carboxylic acids is 2. The molecule has 0 saturated carbocycles. The summed E-state index contributed by atoms with van der Waals surface area (Å²) in [5.74, 6) is -1.76. The summed E-state index contributed by atoms with van der Waals surface area (Å²) in [6, 6.07) is 6.07. The number of aldehydes is 1. The third-order valence-electron chi connectivity index (χ3n) is 3.09. The van der Waals surface area contributed by atoms with Crippen LogP contribution in [0.4, 0.5) is 5.69 Å². The number of nitrogens with one attached hydrogen (secondary N) is 1. The van der Waals surface area contributed by atoms with Gasteiger partial charge in [-0.1, -0.05) is 13.3 Å². The molecule has 0 bridgehead atoms. The molecule has 0 radical (unpaired) electrons. The van der Waals surface area contributed by atoms with Crippen LogP contribution in [0, 0.1) is 0 Å². The van der Waals surface area contributed by atoms with Gasteiger partial charge in [-0.3, -0.25) is 19.2 Å². The van der Waals surface area contributed by atoms with Gasteiger partial charge in [0.1, 0.15) is 12.3 Å². The molecule has 0 unspecified atom stereocenters. The monoisotopic (exact) mass is 414 g/mol. The number of hydrogen-bond donors (Lipinski definition) is 6. The molecule has 10 N–H and O–H groups in total. The van der Waals surface area contributed by atoms with Crippen LogP contribution in [-0.2, 0) is 14.4 Å². The molecule has 0 fully saturated rings. The van der Waals surface area contributed by atoms with Crippen LogP contribution in [0.2, 0.25) is 0 Å². The van der Waals surface area contributed by atoms with Crippen molar-refractivity contribution in [2.24, 2.45) is 11.5 Å². The Kier molecular flexibility index (Phi) is 21.2. The lowest BCUT2D eigenvalue weighted by atomic mass is 10.1. The summed E-state index contributed by atoms with van der Waals surface area (Å²) >= 11 is 0. The second-order valence-electron chi connectivity index (χ2n) is 5.79. The molecule has 0 aromatic heterocycles. The summed E-state index contributed by atoms with van der Waals surface area (Å²) < 4.78 is 0. The SMILES string of the molecule is CC(=O)O.CCCC(=O)Nc1ccc(C=O)cc1.N.NCCCC[C@H](N)C(=O)O. The fourth-order valence-corrected chi connectivity index (χ4v) is 1.73. The second kappa shape index (κ2) is 19.9. The second-order valence-corrected chi connectivity index (χ2v) is 5.79. The highest BCUT2D eigenvalue weighted by Gasteiger charge is 2.09. The van der Waals surface area contributed by atoms with E-state index in [1.165, 1.54) is 0 Å². The van der Waals surface area contributed by atoms with Crippen molar-refractivity contribution in [1.29, 1.82) is 0 Å². The van der Waals surface area contributed by atoms with E-state index in [0.29, 0.717) is 24.9 Å². The minimum Gasteiger partial charge on any atom is -0.481 e. The number of hydrogen-bond acceptors (Lipinski definition) is 7. The minimum absolute atomic E-state index is 0. The maximum atomic E-state index is 11.2. The van der Waals surface area contributed by atoms with Gasteiger partial charge in [0.25, 0.3) is 5.97 Å². The molecule has 1 aromatic rings. The van der Waals surface area contributed by atoms with Crippen molar-refractivity contribution >= 4 is 29.8 Å². The molecule has 0 heterocycles. The maximum absolute atomic E-state index is 11.2. The molecular formula is C19H34N4O6. The van der Waals surface area contributed by atoms with Crippen LogP contribution in [0.25, 0.3) is 0 Å². The first-order chi connectivity index (χ1) is 13.2. The van der Waals surface area contributed by atoms with E-state index in [1.54, 1.807) is 24.3 Å². The van der Waals surface area contributed by atoms with Crippen molar-refractivity contribution in [1.82, 2.24) is 6.15 Å². The topological polar surface area (TPSA) is 208 Å². The number of nitrogens with two attached hydrogens (primary N) is 2. The Morgan fingerprint density at radius 2 is 1.66 bits per heavy atom. The summed E-state index contributed by atoms with van der Waals surface area (Å²) in [5, 5.41) is 18.5. The number of benzene rings is 1. The van der Waals surface area contributed by atoms with Gasteiger partial charge in [0, 0.05) is 24.6 Å². The van der Waals surface area contributed by atoms with E-state index in [2.05, 4.69) is 5.32 Å². The number of aliphatic carboxylic acids is 2. The van der Waals surface area contributed by atoms with Gasteiger partial charge < -0.3 is 33.1 Å². The highest BCUT2D eigenvalue weighted by atomic mass is 16.4. The van der Waals surface area contributed by atoms with Gasteiger partial charge in [-0.05, 0) is 50.1 Å². The number of unbranched alkanes of at least 4 members (excludes halogenated alkanes) is 1. The van der Waals surface area contributed by atoms with Gasteiger partial charge in [-0.15, -0.1) is 0 Å². The first-order valence-corrected chi connectivity index (χ1v) is 8.90. The Hall–Kier alpha value is -2.82. The first kappa shape index (κ1) is 30.9. The number of amides is 1. The summed E-state index contributed by atoms with van der Waals surface area (Å²) in [7, 11) is 0. The normalized spacial score (nSPS) is 9.93. The van der Waals surface area contributed by atoms with E-state index < -0.39 is 18.0 Å². The summed E-state index contributed by atoms with van der Waals surface area (Å²) in [4.78, 5) is 40.7. The van der Waals surface area contributed by atoms with Crippen molar-refractivity contribution in [3.05, 3.63) is 29.8 Å². The lowest BCUT2D eigenvalue weighted by molar-refractivity contribution is -0.138. The molecule has 1 amide bonds. The molecule has 0 aliphatic heterocycles. The maximum Gasteiger partial charge on any atom is 0.320 e. The van der Waals surface area contributed by atoms with E-state index in [0.717, 1.165) is 38.2 Å². The molecule has 10 nitrogen and oxygen atoms in total. The van der Waals surface area contributed by atoms with E-state index >= 15 is 0 Å². The molecule has 0 saturated heterocycles. The van der Waals surface area contributed by atoms with Gasteiger partial charge in [-0.2, -0.15) is 0 Å². The predicted octanol–water partition coefficient (Wildman–Crippen LogP) is 2.02. The van der Waals surface area contributed by atoms with Gasteiger partial charge in [-0.25, -0.2) is 0 Å².